The Labute approximate surface area is 265 Å². The number of carbonyl (C=O) groups excluding carboxylic acids is 1. The fourth-order valence-electron chi connectivity index (χ4n) is 4.73. The first-order valence-corrected chi connectivity index (χ1v) is 15.7. The molecule has 1 atom stereocenters. The van der Waals surface area contributed by atoms with Crippen LogP contribution in [0.25, 0.3) is 11.8 Å². The van der Waals surface area contributed by atoms with Gasteiger partial charge in [0.25, 0.3) is 11.1 Å². The van der Waals surface area contributed by atoms with Crippen LogP contribution in [0.5, 0.6) is 0 Å². The van der Waals surface area contributed by atoms with Crippen molar-refractivity contribution in [3.63, 3.8) is 0 Å². The molecule has 0 spiro atoms. The second-order valence-electron chi connectivity index (χ2n) is 9.56. The average molecular weight is 694 g/mol. The number of furan rings is 1. The van der Waals surface area contributed by atoms with Gasteiger partial charge in [-0.15, -0.1) is 0 Å². The number of halogens is 2. The van der Waals surface area contributed by atoms with Crippen molar-refractivity contribution >= 4 is 56.8 Å². The topological polar surface area (TPSA) is 120 Å². The smallest absolute Gasteiger partial charge is 0.338 e. The minimum atomic E-state index is -0.929. The van der Waals surface area contributed by atoms with Gasteiger partial charge in [0.2, 0.25) is 0 Å². The summed E-state index contributed by atoms with van der Waals surface area (Å²) < 4.78 is 27.7. The molecule has 13 heteroatoms. The van der Waals surface area contributed by atoms with E-state index < -0.39 is 23.4 Å². The van der Waals surface area contributed by atoms with Crippen LogP contribution in [0.2, 0.25) is 0 Å². The van der Waals surface area contributed by atoms with E-state index >= 15 is 0 Å². The Bertz CT molecular complexity index is 2170. The third-order valence-corrected chi connectivity index (χ3v) is 9.25. The molecule has 5 aromatic rings. The second kappa shape index (κ2) is 12.3. The lowest BCUT2D eigenvalue weighted by atomic mass is 9.93. The molecule has 0 amide bonds. The summed E-state index contributed by atoms with van der Waals surface area (Å²) in [6.07, 6.45) is 1.59. The number of carbonyl (C=O) groups is 1. The van der Waals surface area contributed by atoms with Crippen LogP contribution in [-0.2, 0) is 9.53 Å². The zero-order valence-electron chi connectivity index (χ0n) is 23.2. The summed E-state index contributed by atoms with van der Waals surface area (Å²) in [5.41, 5.74) is 1.59. The molecular formula is C31H22BrFN4O5S2. The molecule has 1 aliphatic rings. The Kier molecular flexibility index (Phi) is 8.34. The van der Waals surface area contributed by atoms with Gasteiger partial charge in [0, 0.05) is 23.4 Å². The maximum atomic E-state index is 14.0. The molecule has 9 nitrogen and oxygen atoms in total. The van der Waals surface area contributed by atoms with Gasteiger partial charge < -0.3 is 14.1 Å². The molecule has 0 aliphatic carbocycles. The van der Waals surface area contributed by atoms with Gasteiger partial charge in [-0.25, -0.2) is 19.2 Å². The fraction of sp³-hybridized carbons (Fsp3) is 0.129. The largest absolute Gasteiger partial charge is 0.463 e. The third kappa shape index (κ3) is 5.90. The number of hydrogen-bond acceptors (Lipinski definition) is 9. The number of aromatic nitrogens is 3. The summed E-state index contributed by atoms with van der Waals surface area (Å²) in [5, 5.41) is 0.785. The highest BCUT2D eigenvalue weighted by Crippen LogP contribution is 2.36. The number of ether oxygens (including phenoxy) is 1. The van der Waals surface area contributed by atoms with E-state index in [9.17, 15) is 18.8 Å². The zero-order valence-corrected chi connectivity index (χ0v) is 26.4. The number of aryl methyl sites for hydroxylation is 1. The predicted molar refractivity (Wildman–Crippen MR) is 168 cm³/mol. The number of fused-ring (bicyclic) bond motifs is 1. The highest BCUT2D eigenvalue weighted by Gasteiger charge is 2.35. The maximum absolute atomic E-state index is 14.0. The SMILES string of the molecule is CCOC(=O)C1=C(c2ccccc2)N=c2s/c(=C/c3cc(Br)c(Sc4nc(C)cc(=O)[nH]4)o3)c(=O)n2[C@@H]1c1ccc(F)cc1. The van der Waals surface area contributed by atoms with Gasteiger partial charge in [-0.3, -0.25) is 14.2 Å². The third-order valence-electron chi connectivity index (χ3n) is 6.54. The Balaban J connectivity index is 1.52. The summed E-state index contributed by atoms with van der Waals surface area (Å²) >= 11 is 5.73. The number of aromatic amines is 1. The Morgan fingerprint density at radius 3 is 2.64 bits per heavy atom. The Hall–Kier alpha value is -4.33. The highest BCUT2D eigenvalue weighted by molar-refractivity contribution is 9.10. The van der Waals surface area contributed by atoms with Crippen molar-refractivity contribution in [2.45, 2.75) is 30.1 Å². The minimum absolute atomic E-state index is 0.116. The van der Waals surface area contributed by atoms with Crippen molar-refractivity contribution in [3.05, 3.63) is 135 Å². The van der Waals surface area contributed by atoms with Crippen LogP contribution in [-0.4, -0.2) is 27.1 Å². The van der Waals surface area contributed by atoms with E-state index in [1.54, 1.807) is 38.1 Å². The van der Waals surface area contributed by atoms with Crippen molar-refractivity contribution in [1.82, 2.24) is 14.5 Å². The molecule has 4 heterocycles. The van der Waals surface area contributed by atoms with E-state index in [0.29, 0.717) is 52.3 Å². The van der Waals surface area contributed by atoms with Gasteiger partial charge in [0.15, 0.2) is 15.1 Å². The molecule has 0 saturated carbocycles. The van der Waals surface area contributed by atoms with E-state index in [-0.39, 0.29) is 17.7 Å². The number of H-pyrrole nitrogens is 1. The number of nitrogens with zero attached hydrogens (tertiary/aromatic N) is 3. The van der Waals surface area contributed by atoms with Crippen molar-refractivity contribution in [2.75, 3.05) is 6.61 Å². The molecule has 222 valence electrons. The quantitative estimate of drug-likeness (QED) is 0.189. The number of nitrogens with one attached hydrogen (secondary N) is 1. The van der Waals surface area contributed by atoms with Gasteiger partial charge in [-0.1, -0.05) is 53.8 Å². The highest BCUT2D eigenvalue weighted by atomic mass is 79.9. The molecule has 1 N–H and O–H groups in total. The van der Waals surface area contributed by atoms with E-state index in [1.165, 1.54) is 22.8 Å². The monoisotopic (exact) mass is 692 g/mol. The summed E-state index contributed by atoms with van der Waals surface area (Å²) in [7, 11) is 0. The maximum Gasteiger partial charge on any atom is 0.338 e. The van der Waals surface area contributed by atoms with Crippen molar-refractivity contribution < 1.29 is 18.3 Å². The van der Waals surface area contributed by atoms with Gasteiger partial charge in [-0.2, -0.15) is 0 Å². The predicted octanol–water partition coefficient (Wildman–Crippen LogP) is 4.97. The zero-order chi connectivity index (χ0) is 31.0. The summed E-state index contributed by atoms with van der Waals surface area (Å²) in [6, 6.07) is 17.0. The van der Waals surface area contributed by atoms with Crippen LogP contribution in [0, 0.1) is 12.7 Å². The lowest BCUT2D eigenvalue weighted by Crippen LogP contribution is -2.40. The summed E-state index contributed by atoms with van der Waals surface area (Å²) in [4.78, 5) is 51.5. The Morgan fingerprint density at radius 1 is 1.18 bits per heavy atom. The molecule has 0 unspecified atom stereocenters. The summed E-state index contributed by atoms with van der Waals surface area (Å²) in [6.45, 7) is 3.53. The number of hydrogen-bond donors (Lipinski definition) is 1. The van der Waals surface area contributed by atoms with Gasteiger partial charge in [0.05, 0.1) is 32.9 Å². The van der Waals surface area contributed by atoms with Gasteiger partial charge >= 0.3 is 5.97 Å². The first-order valence-electron chi connectivity index (χ1n) is 13.3. The number of rotatable bonds is 7. The van der Waals surface area contributed by atoms with E-state index in [2.05, 4.69) is 25.9 Å². The van der Waals surface area contributed by atoms with Gasteiger partial charge in [-0.05, 0) is 65.3 Å². The van der Waals surface area contributed by atoms with Crippen LogP contribution >= 0.6 is 39.0 Å². The van der Waals surface area contributed by atoms with Gasteiger partial charge in [0.1, 0.15) is 11.6 Å². The molecule has 44 heavy (non-hydrogen) atoms. The second-order valence-corrected chi connectivity index (χ2v) is 12.4. The van der Waals surface area contributed by atoms with Crippen LogP contribution in [0.3, 0.4) is 0 Å². The van der Waals surface area contributed by atoms with Crippen molar-refractivity contribution in [1.29, 1.82) is 0 Å². The number of esters is 1. The summed E-state index contributed by atoms with van der Waals surface area (Å²) in [5.74, 6) is -0.711. The minimum Gasteiger partial charge on any atom is -0.463 e. The normalized spacial score (nSPS) is 14.8. The van der Waals surface area contributed by atoms with Crippen molar-refractivity contribution in [2.24, 2.45) is 4.99 Å². The molecule has 0 fully saturated rings. The molecule has 6 rings (SSSR count). The van der Waals surface area contributed by atoms with Crippen LogP contribution < -0.4 is 20.5 Å². The van der Waals surface area contributed by atoms with E-state index in [1.807, 2.05) is 30.3 Å². The number of benzene rings is 2. The Morgan fingerprint density at radius 2 is 1.93 bits per heavy atom. The number of thiazole rings is 1. The van der Waals surface area contributed by atoms with E-state index in [0.717, 1.165) is 23.1 Å². The molecule has 0 saturated heterocycles. The standard InChI is InChI=1S/C31H22BrFN4O5S2/c1-3-41-28(40)24-25(17-7-5-4-6-8-17)36-31-37(26(24)18-9-11-19(33)12-10-18)27(39)22(43-31)15-20-14-21(32)29(42-20)44-30-34-16(2)13-23(38)35-30/h4-15,26H,3H2,1-2H3,(H,34,35,38)/b22-15+/t26-/m1/s1. The molecular weight excluding hydrogens is 671 g/mol. The van der Waals surface area contributed by atoms with Crippen LogP contribution in [0.1, 0.15) is 35.5 Å². The van der Waals surface area contributed by atoms with Crippen molar-refractivity contribution in [3.8, 4) is 0 Å². The fourth-order valence-corrected chi connectivity index (χ4v) is 7.07. The molecule has 3 aromatic heterocycles. The first-order chi connectivity index (χ1) is 21.2. The average Bonchev–Trinajstić information content (AvgIpc) is 3.49. The van der Waals surface area contributed by atoms with Crippen LogP contribution in [0.15, 0.2) is 106 Å². The molecule has 1 aliphatic heterocycles. The first kappa shape index (κ1) is 29.7. The van der Waals surface area contributed by atoms with E-state index in [4.69, 9.17) is 14.1 Å². The lowest BCUT2D eigenvalue weighted by molar-refractivity contribution is -0.138. The molecule has 0 bridgehead atoms. The molecule has 2 aromatic carbocycles. The van der Waals surface area contributed by atoms with Crippen LogP contribution in [0.4, 0.5) is 4.39 Å². The lowest BCUT2D eigenvalue weighted by Gasteiger charge is -2.25. The molecule has 0 radical (unpaired) electrons.